The van der Waals surface area contributed by atoms with Gasteiger partial charge in [0.05, 0.1) is 5.92 Å². The van der Waals surface area contributed by atoms with E-state index in [1.54, 1.807) is 11.3 Å². The van der Waals surface area contributed by atoms with Crippen molar-refractivity contribution in [2.75, 3.05) is 29.4 Å². The van der Waals surface area contributed by atoms with Crippen LogP contribution in [0.1, 0.15) is 37.8 Å². The van der Waals surface area contributed by atoms with Gasteiger partial charge in [-0.05, 0) is 24.5 Å². The van der Waals surface area contributed by atoms with Gasteiger partial charge in [0.2, 0.25) is 11.0 Å². The Kier molecular flexibility index (Phi) is 4.02. The van der Waals surface area contributed by atoms with Gasteiger partial charge in [0.25, 0.3) is 0 Å². The van der Waals surface area contributed by atoms with Crippen molar-refractivity contribution in [3.05, 3.63) is 34.8 Å². The van der Waals surface area contributed by atoms with E-state index in [9.17, 15) is 4.79 Å². The summed E-state index contributed by atoms with van der Waals surface area (Å²) >= 11 is 1.65. The molecule has 0 spiro atoms. The minimum atomic E-state index is 0.0180. The maximum absolute atomic E-state index is 13.0. The van der Waals surface area contributed by atoms with Gasteiger partial charge in [0, 0.05) is 30.7 Å². The van der Waals surface area contributed by atoms with Crippen LogP contribution in [0.5, 0.6) is 0 Å². The van der Waals surface area contributed by atoms with Gasteiger partial charge >= 0.3 is 0 Å². The average Bonchev–Trinajstić information content (AvgIpc) is 3.31. The Bertz CT molecular complexity index is 795. The van der Waals surface area contributed by atoms with Crippen LogP contribution in [0, 0.1) is 5.92 Å². The molecule has 2 aliphatic rings. The maximum Gasteiger partial charge on any atom is 0.231 e. The fraction of sp³-hybridized carbons (Fsp3) is 0.526. The predicted molar refractivity (Wildman–Crippen MR) is 101 cm³/mol. The van der Waals surface area contributed by atoms with Gasteiger partial charge in [-0.1, -0.05) is 50.3 Å². The number of benzene rings is 1. The van der Waals surface area contributed by atoms with Crippen LogP contribution in [0.25, 0.3) is 0 Å². The third-order valence-corrected chi connectivity index (χ3v) is 6.43. The van der Waals surface area contributed by atoms with Crippen LogP contribution in [0.15, 0.2) is 24.3 Å². The predicted octanol–water partition coefficient (Wildman–Crippen LogP) is 3.25. The molecule has 2 aromatic rings. The van der Waals surface area contributed by atoms with E-state index in [4.69, 9.17) is 0 Å². The standard InChI is InChI=1S/C19H24N4OS/c1-19(2,3)17-20-21-18(25-17)22-10-8-14(12-22)16(24)23-11-9-13-6-4-5-7-15(13)23/h4-7,14H,8-12H2,1-3H3. The second kappa shape index (κ2) is 6.09. The number of nitrogens with zero attached hydrogens (tertiary/aromatic N) is 4. The molecule has 0 aliphatic carbocycles. The number of fused-ring (bicyclic) bond motifs is 1. The van der Waals surface area contributed by atoms with Crippen LogP contribution in [-0.2, 0) is 16.6 Å². The Hall–Kier alpha value is -1.95. The molecule has 1 aromatic carbocycles. The van der Waals surface area contributed by atoms with Crippen molar-refractivity contribution in [3.63, 3.8) is 0 Å². The molecule has 1 unspecified atom stereocenters. The van der Waals surface area contributed by atoms with E-state index in [1.807, 2.05) is 17.0 Å². The molecule has 3 heterocycles. The molecule has 1 saturated heterocycles. The van der Waals surface area contributed by atoms with Crippen molar-refractivity contribution >= 4 is 28.1 Å². The van der Waals surface area contributed by atoms with Crippen LogP contribution >= 0.6 is 11.3 Å². The summed E-state index contributed by atoms with van der Waals surface area (Å²) < 4.78 is 0. The largest absolute Gasteiger partial charge is 0.346 e. The highest BCUT2D eigenvalue weighted by molar-refractivity contribution is 7.15. The first-order chi connectivity index (χ1) is 11.9. The number of hydrogen-bond donors (Lipinski definition) is 0. The van der Waals surface area contributed by atoms with Crippen LogP contribution < -0.4 is 9.80 Å². The zero-order valence-electron chi connectivity index (χ0n) is 15.0. The molecule has 5 nitrogen and oxygen atoms in total. The van der Waals surface area contributed by atoms with Gasteiger partial charge in [-0.25, -0.2) is 0 Å². The Morgan fingerprint density at radius 2 is 2.00 bits per heavy atom. The third-order valence-electron chi connectivity index (χ3n) is 5.02. The second-order valence-electron chi connectivity index (χ2n) is 7.94. The van der Waals surface area contributed by atoms with E-state index in [0.717, 1.165) is 48.3 Å². The maximum atomic E-state index is 13.0. The summed E-state index contributed by atoms with van der Waals surface area (Å²) in [5, 5.41) is 10.7. The van der Waals surface area contributed by atoms with Crippen LogP contribution in [0.2, 0.25) is 0 Å². The zero-order chi connectivity index (χ0) is 17.6. The first kappa shape index (κ1) is 16.5. The number of amides is 1. The van der Waals surface area contributed by atoms with E-state index >= 15 is 0 Å². The normalized spacial score (nSPS) is 20.2. The van der Waals surface area contributed by atoms with Gasteiger partial charge in [-0.15, -0.1) is 10.2 Å². The van der Waals surface area contributed by atoms with E-state index in [1.165, 1.54) is 5.56 Å². The first-order valence-electron chi connectivity index (χ1n) is 8.92. The number of hydrogen-bond acceptors (Lipinski definition) is 5. The molecule has 0 N–H and O–H groups in total. The Balaban J connectivity index is 1.46. The molecular weight excluding hydrogens is 332 g/mol. The molecule has 2 aliphatic heterocycles. The van der Waals surface area contributed by atoms with Crippen LogP contribution in [0.3, 0.4) is 0 Å². The summed E-state index contributed by atoms with van der Waals surface area (Å²) in [6.07, 6.45) is 1.85. The lowest BCUT2D eigenvalue weighted by atomic mass is 9.98. The second-order valence-corrected chi connectivity index (χ2v) is 8.90. The Morgan fingerprint density at radius 1 is 1.20 bits per heavy atom. The highest BCUT2D eigenvalue weighted by Gasteiger charge is 2.35. The number of rotatable bonds is 2. The zero-order valence-corrected chi connectivity index (χ0v) is 15.8. The molecule has 0 bridgehead atoms. The molecular formula is C19H24N4OS. The van der Waals surface area contributed by atoms with Crippen molar-refractivity contribution in [1.29, 1.82) is 0 Å². The molecule has 0 radical (unpaired) electrons. The lowest BCUT2D eigenvalue weighted by Gasteiger charge is -2.21. The fourth-order valence-electron chi connectivity index (χ4n) is 3.57. The molecule has 1 fully saturated rings. The highest BCUT2D eigenvalue weighted by atomic mass is 32.1. The summed E-state index contributed by atoms with van der Waals surface area (Å²) in [4.78, 5) is 17.2. The number of anilines is 2. The van der Waals surface area contributed by atoms with E-state index in [2.05, 4.69) is 48.0 Å². The van der Waals surface area contributed by atoms with Crippen LogP contribution in [-0.4, -0.2) is 35.7 Å². The number of carbonyl (C=O) groups excluding carboxylic acids is 1. The smallest absolute Gasteiger partial charge is 0.231 e. The van der Waals surface area contributed by atoms with Crippen molar-refractivity contribution in [2.24, 2.45) is 5.92 Å². The van der Waals surface area contributed by atoms with Crippen molar-refractivity contribution in [2.45, 2.75) is 39.0 Å². The number of carbonyl (C=O) groups is 1. The van der Waals surface area contributed by atoms with E-state index < -0.39 is 0 Å². The van der Waals surface area contributed by atoms with Gasteiger partial charge in [0.1, 0.15) is 5.01 Å². The summed E-state index contributed by atoms with van der Waals surface area (Å²) in [5.74, 6) is 0.307. The summed E-state index contributed by atoms with van der Waals surface area (Å²) in [5.41, 5.74) is 2.39. The van der Waals surface area contributed by atoms with Gasteiger partial charge in [0.15, 0.2) is 0 Å². The first-order valence-corrected chi connectivity index (χ1v) is 9.73. The fourth-order valence-corrected chi connectivity index (χ4v) is 4.51. The minimum absolute atomic E-state index is 0.0180. The molecule has 4 rings (SSSR count). The molecule has 6 heteroatoms. The van der Waals surface area contributed by atoms with E-state index in [0.29, 0.717) is 0 Å². The van der Waals surface area contributed by atoms with Gasteiger partial charge in [-0.3, -0.25) is 4.79 Å². The molecule has 1 aromatic heterocycles. The number of aromatic nitrogens is 2. The molecule has 1 atom stereocenters. The van der Waals surface area contributed by atoms with Crippen molar-refractivity contribution in [1.82, 2.24) is 10.2 Å². The molecule has 132 valence electrons. The van der Waals surface area contributed by atoms with Gasteiger partial charge < -0.3 is 9.80 Å². The summed E-state index contributed by atoms with van der Waals surface area (Å²) in [6.45, 7) is 8.89. The van der Waals surface area contributed by atoms with Crippen molar-refractivity contribution < 1.29 is 4.79 Å². The lowest BCUT2D eigenvalue weighted by Crippen LogP contribution is -2.36. The average molecular weight is 356 g/mol. The molecule has 0 saturated carbocycles. The monoisotopic (exact) mass is 356 g/mol. The lowest BCUT2D eigenvalue weighted by molar-refractivity contribution is -0.121. The molecule has 25 heavy (non-hydrogen) atoms. The van der Waals surface area contributed by atoms with E-state index in [-0.39, 0.29) is 17.2 Å². The Morgan fingerprint density at radius 3 is 2.76 bits per heavy atom. The topological polar surface area (TPSA) is 49.3 Å². The van der Waals surface area contributed by atoms with Crippen LogP contribution in [0.4, 0.5) is 10.8 Å². The number of para-hydroxylation sites is 1. The third kappa shape index (κ3) is 3.03. The quantitative estimate of drug-likeness (QED) is 0.829. The Labute approximate surface area is 152 Å². The summed E-state index contributed by atoms with van der Waals surface area (Å²) in [6, 6.07) is 8.25. The van der Waals surface area contributed by atoms with Gasteiger partial charge in [-0.2, -0.15) is 0 Å². The molecule has 1 amide bonds. The summed E-state index contributed by atoms with van der Waals surface area (Å²) in [7, 11) is 0. The SMILES string of the molecule is CC(C)(C)c1nnc(N2CCC(C(=O)N3CCc4ccccc43)C2)s1. The minimum Gasteiger partial charge on any atom is -0.346 e. The van der Waals surface area contributed by atoms with Crippen molar-refractivity contribution in [3.8, 4) is 0 Å². The highest BCUT2D eigenvalue weighted by Crippen LogP contribution is 2.34.